The van der Waals surface area contributed by atoms with Gasteiger partial charge >= 0.3 is 0 Å². The highest BCUT2D eigenvalue weighted by molar-refractivity contribution is 6.36. The van der Waals surface area contributed by atoms with E-state index >= 15 is 0 Å². The fourth-order valence-electron chi connectivity index (χ4n) is 2.41. The Bertz CT molecular complexity index is 967. The molecule has 1 amide bonds. The van der Waals surface area contributed by atoms with Gasteiger partial charge in [-0.05, 0) is 36.4 Å². The number of anilines is 1. The maximum Gasteiger partial charge on any atom is 0.255 e. The van der Waals surface area contributed by atoms with Crippen LogP contribution in [0.3, 0.4) is 0 Å². The van der Waals surface area contributed by atoms with Crippen molar-refractivity contribution < 1.29 is 9.59 Å². The summed E-state index contributed by atoms with van der Waals surface area (Å²) in [5.74, 6) is -0.618. The lowest BCUT2D eigenvalue weighted by Gasteiger charge is -2.09. The van der Waals surface area contributed by atoms with Crippen molar-refractivity contribution in [3.8, 4) is 0 Å². The Balaban J connectivity index is 1.88. The van der Waals surface area contributed by atoms with Crippen molar-refractivity contribution in [3.05, 3.63) is 98.5 Å². The maximum atomic E-state index is 12.6. The second-order valence-electron chi connectivity index (χ2n) is 5.50. The molecule has 0 spiro atoms. The van der Waals surface area contributed by atoms with Crippen molar-refractivity contribution in [2.75, 3.05) is 5.32 Å². The molecule has 3 aromatic carbocycles. The molecule has 0 bridgehead atoms. The number of rotatable bonds is 4. The SMILES string of the molecule is O=C(Nc1ccc(Cl)c(C(=O)c2ccccc2)c1)c1cc(Cl)cc(Cl)c1. The Labute approximate surface area is 165 Å². The van der Waals surface area contributed by atoms with E-state index in [-0.39, 0.29) is 5.78 Å². The van der Waals surface area contributed by atoms with Crippen LogP contribution in [0, 0.1) is 0 Å². The molecule has 0 fully saturated rings. The van der Waals surface area contributed by atoms with Crippen molar-refractivity contribution in [3.63, 3.8) is 0 Å². The largest absolute Gasteiger partial charge is 0.322 e. The Kier molecular flexibility index (Phi) is 5.62. The number of carbonyl (C=O) groups is 2. The molecule has 0 atom stereocenters. The van der Waals surface area contributed by atoms with Crippen LogP contribution in [0.4, 0.5) is 5.69 Å². The summed E-state index contributed by atoms with van der Waals surface area (Å²) in [5, 5.41) is 3.75. The van der Waals surface area contributed by atoms with Crippen molar-refractivity contribution in [2.24, 2.45) is 0 Å². The second-order valence-corrected chi connectivity index (χ2v) is 6.78. The van der Waals surface area contributed by atoms with E-state index in [0.29, 0.717) is 37.4 Å². The summed E-state index contributed by atoms with van der Waals surface area (Å²) < 4.78 is 0. The summed E-state index contributed by atoms with van der Waals surface area (Å²) in [4.78, 5) is 25.0. The molecule has 0 aliphatic carbocycles. The third kappa shape index (κ3) is 4.25. The molecular weight excluding hydrogens is 393 g/mol. The Hall–Kier alpha value is -2.33. The summed E-state index contributed by atoms with van der Waals surface area (Å²) in [6, 6.07) is 18.1. The maximum absolute atomic E-state index is 12.6. The standard InChI is InChI=1S/C20H12Cl3NO2/c21-14-8-13(9-15(22)10-14)20(26)24-16-6-7-18(23)17(11-16)19(25)12-4-2-1-3-5-12/h1-11H,(H,24,26). The molecule has 0 aromatic heterocycles. The molecule has 0 aliphatic heterocycles. The topological polar surface area (TPSA) is 46.2 Å². The minimum Gasteiger partial charge on any atom is -0.322 e. The molecule has 3 nitrogen and oxygen atoms in total. The van der Waals surface area contributed by atoms with E-state index in [1.807, 2.05) is 6.07 Å². The summed E-state index contributed by atoms with van der Waals surface area (Å²) in [6.45, 7) is 0. The number of nitrogens with one attached hydrogen (secondary N) is 1. The van der Waals surface area contributed by atoms with Crippen molar-refractivity contribution in [2.45, 2.75) is 0 Å². The summed E-state index contributed by atoms with van der Waals surface area (Å²) in [5.41, 5.74) is 1.57. The average Bonchev–Trinajstić information content (AvgIpc) is 2.62. The number of hydrogen-bond donors (Lipinski definition) is 1. The molecule has 0 unspecified atom stereocenters. The highest BCUT2D eigenvalue weighted by Gasteiger charge is 2.15. The van der Waals surface area contributed by atoms with Crippen LogP contribution in [0.1, 0.15) is 26.3 Å². The monoisotopic (exact) mass is 403 g/mol. The summed E-state index contributed by atoms with van der Waals surface area (Å²) in [6.07, 6.45) is 0. The first-order valence-electron chi connectivity index (χ1n) is 7.61. The predicted octanol–water partition coefficient (Wildman–Crippen LogP) is 6.13. The number of hydrogen-bond acceptors (Lipinski definition) is 2. The number of halogens is 3. The van der Waals surface area contributed by atoms with Gasteiger partial charge in [0.05, 0.1) is 5.02 Å². The van der Waals surface area contributed by atoms with Gasteiger partial charge in [-0.3, -0.25) is 9.59 Å². The van der Waals surface area contributed by atoms with Crippen LogP contribution in [-0.4, -0.2) is 11.7 Å². The molecule has 130 valence electrons. The lowest BCUT2D eigenvalue weighted by molar-refractivity contribution is 0.102. The lowest BCUT2D eigenvalue weighted by Crippen LogP contribution is -2.12. The van der Waals surface area contributed by atoms with Crippen molar-refractivity contribution in [1.82, 2.24) is 0 Å². The number of carbonyl (C=O) groups excluding carboxylic acids is 2. The van der Waals surface area contributed by atoms with Crippen LogP contribution in [-0.2, 0) is 0 Å². The lowest BCUT2D eigenvalue weighted by atomic mass is 10.0. The predicted molar refractivity (Wildman–Crippen MR) is 106 cm³/mol. The summed E-state index contributed by atoms with van der Waals surface area (Å²) in [7, 11) is 0. The first-order valence-corrected chi connectivity index (χ1v) is 8.74. The molecule has 3 aromatic rings. The van der Waals surface area contributed by atoms with Gasteiger partial charge in [0, 0.05) is 32.4 Å². The highest BCUT2D eigenvalue weighted by atomic mass is 35.5. The zero-order chi connectivity index (χ0) is 18.7. The van der Waals surface area contributed by atoms with Crippen LogP contribution < -0.4 is 5.32 Å². The minimum atomic E-state index is -0.394. The molecule has 0 aliphatic rings. The van der Waals surface area contributed by atoms with E-state index in [4.69, 9.17) is 34.8 Å². The van der Waals surface area contributed by atoms with Gasteiger partial charge in [0.15, 0.2) is 5.78 Å². The van der Waals surface area contributed by atoms with Gasteiger partial charge in [-0.15, -0.1) is 0 Å². The zero-order valence-corrected chi connectivity index (χ0v) is 15.6. The van der Waals surface area contributed by atoms with Crippen LogP contribution in [0.5, 0.6) is 0 Å². The smallest absolute Gasteiger partial charge is 0.255 e. The quantitative estimate of drug-likeness (QED) is 0.532. The highest BCUT2D eigenvalue weighted by Crippen LogP contribution is 2.25. The van der Waals surface area contributed by atoms with Gasteiger partial charge in [0.25, 0.3) is 5.91 Å². The van der Waals surface area contributed by atoms with Crippen LogP contribution >= 0.6 is 34.8 Å². The van der Waals surface area contributed by atoms with E-state index in [1.165, 1.54) is 12.1 Å². The van der Waals surface area contributed by atoms with Gasteiger partial charge in [-0.1, -0.05) is 65.1 Å². The van der Waals surface area contributed by atoms with Crippen LogP contribution in [0.15, 0.2) is 66.7 Å². The summed E-state index contributed by atoms with van der Waals surface area (Å²) >= 11 is 18.0. The van der Waals surface area contributed by atoms with Gasteiger partial charge < -0.3 is 5.32 Å². The molecular formula is C20H12Cl3NO2. The fraction of sp³-hybridized carbons (Fsp3) is 0. The second kappa shape index (κ2) is 7.92. The molecule has 1 N–H and O–H groups in total. The van der Waals surface area contributed by atoms with Gasteiger partial charge in [-0.2, -0.15) is 0 Å². The van der Waals surface area contributed by atoms with Crippen molar-refractivity contribution in [1.29, 1.82) is 0 Å². The Morgan fingerprint density at radius 1 is 0.731 bits per heavy atom. The normalized spacial score (nSPS) is 10.4. The van der Waals surface area contributed by atoms with Gasteiger partial charge in [0.2, 0.25) is 0 Å². The molecule has 26 heavy (non-hydrogen) atoms. The number of amides is 1. The molecule has 0 saturated heterocycles. The zero-order valence-electron chi connectivity index (χ0n) is 13.3. The number of benzene rings is 3. The molecule has 0 radical (unpaired) electrons. The molecule has 3 rings (SSSR count). The fourth-order valence-corrected chi connectivity index (χ4v) is 3.14. The average molecular weight is 405 g/mol. The molecule has 0 heterocycles. The third-order valence-electron chi connectivity index (χ3n) is 3.63. The molecule has 0 saturated carbocycles. The number of ketones is 1. The third-order valence-corrected chi connectivity index (χ3v) is 4.40. The van der Waals surface area contributed by atoms with Crippen LogP contribution in [0.25, 0.3) is 0 Å². The first kappa shape index (κ1) is 18.5. The van der Waals surface area contributed by atoms with Crippen molar-refractivity contribution >= 4 is 52.2 Å². The Morgan fingerprint density at radius 3 is 2.04 bits per heavy atom. The van der Waals surface area contributed by atoms with Gasteiger partial charge in [-0.25, -0.2) is 0 Å². The van der Waals surface area contributed by atoms with E-state index in [0.717, 1.165) is 0 Å². The molecule has 6 heteroatoms. The first-order chi connectivity index (χ1) is 12.4. The van der Waals surface area contributed by atoms with E-state index < -0.39 is 5.91 Å². The van der Waals surface area contributed by atoms with Crippen LogP contribution in [0.2, 0.25) is 15.1 Å². The Morgan fingerprint density at radius 2 is 1.38 bits per heavy atom. The van der Waals surface area contributed by atoms with E-state index in [9.17, 15) is 9.59 Å². The minimum absolute atomic E-state index is 0.225. The van der Waals surface area contributed by atoms with Gasteiger partial charge in [0.1, 0.15) is 0 Å². The van der Waals surface area contributed by atoms with E-state index in [2.05, 4.69) is 5.32 Å². The van der Waals surface area contributed by atoms with E-state index in [1.54, 1.807) is 48.5 Å².